The highest BCUT2D eigenvalue weighted by Gasteiger charge is 2.01. The molecule has 3 nitrogen and oxygen atoms in total. The van der Waals surface area contributed by atoms with Gasteiger partial charge in [0.25, 0.3) is 0 Å². The number of likely N-dealkylation sites (N-methyl/N-ethyl adjacent to an activating group) is 1. The first-order valence-electron chi connectivity index (χ1n) is 6.53. The van der Waals surface area contributed by atoms with Gasteiger partial charge in [-0.05, 0) is 48.5 Å². The summed E-state index contributed by atoms with van der Waals surface area (Å²) in [6.07, 6.45) is 0. The second kappa shape index (κ2) is 6.80. The van der Waals surface area contributed by atoms with E-state index in [0.29, 0.717) is 0 Å². The number of halogens is 1. The van der Waals surface area contributed by atoms with Crippen molar-refractivity contribution in [2.75, 3.05) is 37.5 Å². The number of hydrogen-bond donors (Lipinski definition) is 1. The Balaban J connectivity index is 1.82. The van der Waals surface area contributed by atoms with Crippen LogP contribution < -0.4 is 15.0 Å². The average Bonchev–Trinajstić information content (AvgIpc) is 2.49. The minimum atomic E-state index is -0.217. The first-order chi connectivity index (χ1) is 9.69. The minimum absolute atomic E-state index is 0.217. The number of hydrogen-bond acceptors (Lipinski definition) is 3. The fraction of sp³-hybridized carbons (Fsp3) is 0.250. The van der Waals surface area contributed by atoms with Crippen molar-refractivity contribution in [2.24, 2.45) is 0 Å². The summed E-state index contributed by atoms with van der Waals surface area (Å²) >= 11 is 0. The molecule has 20 heavy (non-hydrogen) atoms. The maximum absolute atomic E-state index is 12.8. The predicted molar refractivity (Wildman–Crippen MR) is 81.2 cm³/mol. The van der Waals surface area contributed by atoms with Gasteiger partial charge in [-0.25, -0.2) is 4.39 Å². The van der Waals surface area contributed by atoms with E-state index < -0.39 is 0 Å². The summed E-state index contributed by atoms with van der Waals surface area (Å²) in [6, 6.07) is 14.3. The van der Waals surface area contributed by atoms with Crippen LogP contribution in [0.5, 0.6) is 5.75 Å². The van der Waals surface area contributed by atoms with E-state index in [2.05, 4.69) is 10.2 Å². The standard InChI is InChI=1S/C16H19FN2O/c1-19(15-7-9-16(20-2)10-8-15)12-11-18-14-5-3-13(17)4-6-14/h3-10,18H,11-12H2,1-2H3. The van der Waals surface area contributed by atoms with Crippen molar-refractivity contribution in [3.05, 3.63) is 54.3 Å². The zero-order chi connectivity index (χ0) is 14.4. The number of anilines is 2. The summed E-state index contributed by atoms with van der Waals surface area (Å²) in [5.41, 5.74) is 2.06. The highest BCUT2D eigenvalue weighted by atomic mass is 19.1. The molecule has 0 aliphatic heterocycles. The molecule has 0 radical (unpaired) electrons. The molecule has 0 aliphatic carbocycles. The van der Waals surface area contributed by atoms with Crippen LogP contribution in [0.3, 0.4) is 0 Å². The van der Waals surface area contributed by atoms with Gasteiger partial charge in [0, 0.05) is 31.5 Å². The summed E-state index contributed by atoms with van der Waals surface area (Å²) in [4.78, 5) is 2.15. The van der Waals surface area contributed by atoms with Crippen LogP contribution >= 0.6 is 0 Å². The molecular formula is C16H19FN2O. The average molecular weight is 274 g/mol. The molecule has 0 spiro atoms. The summed E-state index contributed by atoms with van der Waals surface area (Å²) in [7, 11) is 3.69. The van der Waals surface area contributed by atoms with E-state index in [1.54, 1.807) is 19.2 Å². The van der Waals surface area contributed by atoms with Crippen LogP contribution in [0.4, 0.5) is 15.8 Å². The largest absolute Gasteiger partial charge is 0.497 e. The van der Waals surface area contributed by atoms with Gasteiger partial charge in [0.2, 0.25) is 0 Å². The quantitative estimate of drug-likeness (QED) is 0.874. The summed E-state index contributed by atoms with van der Waals surface area (Å²) in [6.45, 7) is 1.64. The lowest BCUT2D eigenvalue weighted by Crippen LogP contribution is -2.24. The van der Waals surface area contributed by atoms with Crippen LogP contribution in [-0.4, -0.2) is 27.2 Å². The van der Waals surface area contributed by atoms with Crippen molar-refractivity contribution in [1.82, 2.24) is 0 Å². The van der Waals surface area contributed by atoms with E-state index in [1.807, 2.05) is 31.3 Å². The van der Waals surface area contributed by atoms with Gasteiger partial charge in [0.1, 0.15) is 11.6 Å². The van der Waals surface area contributed by atoms with Gasteiger partial charge in [-0.15, -0.1) is 0 Å². The number of benzene rings is 2. The van der Waals surface area contributed by atoms with Gasteiger partial charge in [0.05, 0.1) is 7.11 Å². The molecule has 0 heterocycles. The van der Waals surface area contributed by atoms with E-state index >= 15 is 0 Å². The molecule has 0 saturated carbocycles. The number of rotatable bonds is 6. The molecular weight excluding hydrogens is 255 g/mol. The summed E-state index contributed by atoms with van der Waals surface area (Å²) < 4.78 is 17.9. The van der Waals surface area contributed by atoms with Crippen LogP contribution in [0.25, 0.3) is 0 Å². The molecule has 0 unspecified atom stereocenters. The summed E-state index contributed by atoms with van der Waals surface area (Å²) in [5, 5.41) is 3.26. The van der Waals surface area contributed by atoms with Crippen molar-refractivity contribution >= 4 is 11.4 Å². The molecule has 106 valence electrons. The lowest BCUT2D eigenvalue weighted by atomic mass is 10.2. The Morgan fingerprint density at radius 3 is 2.30 bits per heavy atom. The molecule has 2 aromatic rings. The Morgan fingerprint density at radius 1 is 1.05 bits per heavy atom. The molecule has 2 rings (SSSR count). The maximum atomic E-state index is 12.8. The Morgan fingerprint density at radius 2 is 1.70 bits per heavy atom. The Hall–Kier alpha value is -2.23. The highest BCUT2D eigenvalue weighted by molar-refractivity contribution is 5.49. The molecule has 0 bridgehead atoms. The molecule has 0 saturated heterocycles. The van der Waals surface area contributed by atoms with E-state index in [1.165, 1.54) is 12.1 Å². The minimum Gasteiger partial charge on any atom is -0.497 e. The van der Waals surface area contributed by atoms with Gasteiger partial charge >= 0.3 is 0 Å². The molecule has 0 atom stereocenters. The Labute approximate surface area is 119 Å². The highest BCUT2D eigenvalue weighted by Crippen LogP contribution is 2.17. The van der Waals surface area contributed by atoms with Crippen molar-refractivity contribution in [2.45, 2.75) is 0 Å². The van der Waals surface area contributed by atoms with Crippen LogP contribution in [0.15, 0.2) is 48.5 Å². The molecule has 1 N–H and O–H groups in total. The van der Waals surface area contributed by atoms with E-state index in [0.717, 1.165) is 30.2 Å². The number of nitrogens with one attached hydrogen (secondary N) is 1. The normalized spacial score (nSPS) is 10.2. The second-order valence-electron chi connectivity index (χ2n) is 4.55. The third kappa shape index (κ3) is 3.88. The van der Waals surface area contributed by atoms with Crippen LogP contribution in [-0.2, 0) is 0 Å². The fourth-order valence-corrected chi connectivity index (χ4v) is 1.90. The smallest absolute Gasteiger partial charge is 0.123 e. The number of ether oxygens (including phenoxy) is 1. The van der Waals surface area contributed by atoms with Crippen molar-refractivity contribution < 1.29 is 9.13 Å². The van der Waals surface area contributed by atoms with E-state index in [9.17, 15) is 4.39 Å². The third-order valence-electron chi connectivity index (χ3n) is 3.13. The van der Waals surface area contributed by atoms with Crippen LogP contribution in [0.1, 0.15) is 0 Å². The second-order valence-corrected chi connectivity index (χ2v) is 4.55. The van der Waals surface area contributed by atoms with Gasteiger partial charge in [-0.1, -0.05) is 0 Å². The molecule has 0 fully saturated rings. The van der Waals surface area contributed by atoms with Gasteiger partial charge < -0.3 is 15.0 Å². The van der Waals surface area contributed by atoms with E-state index in [4.69, 9.17) is 4.74 Å². The van der Waals surface area contributed by atoms with Crippen molar-refractivity contribution in [1.29, 1.82) is 0 Å². The molecule has 0 amide bonds. The van der Waals surface area contributed by atoms with Crippen LogP contribution in [0.2, 0.25) is 0 Å². The summed E-state index contributed by atoms with van der Waals surface area (Å²) in [5.74, 6) is 0.637. The number of methoxy groups -OCH3 is 1. The topological polar surface area (TPSA) is 24.5 Å². The molecule has 0 aromatic heterocycles. The fourth-order valence-electron chi connectivity index (χ4n) is 1.90. The lowest BCUT2D eigenvalue weighted by molar-refractivity contribution is 0.415. The van der Waals surface area contributed by atoms with E-state index in [-0.39, 0.29) is 5.82 Å². The first-order valence-corrected chi connectivity index (χ1v) is 6.53. The van der Waals surface area contributed by atoms with Crippen molar-refractivity contribution in [3.63, 3.8) is 0 Å². The third-order valence-corrected chi connectivity index (χ3v) is 3.13. The number of nitrogens with zero attached hydrogens (tertiary/aromatic N) is 1. The Bertz CT molecular complexity index is 525. The monoisotopic (exact) mass is 274 g/mol. The lowest BCUT2D eigenvalue weighted by Gasteiger charge is -2.20. The zero-order valence-electron chi connectivity index (χ0n) is 11.8. The van der Waals surface area contributed by atoms with Gasteiger partial charge in [-0.2, -0.15) is 0 Å². The maximum Gasteiger partial charge on any atom is 0.123 e. The van der Waals surface area contributed by atoms with Crippen molar-refractivity contribution in [3.8, 4) is 5.75 Å². The SMILES string of the molecule is COc1ccc(N(C)CCNc2ccc(F)cc2)cc1. The molecule has 2 aromatic carbocycles. The molecule has 4 heteroatoms. The predicted octanol–water partition coefficient (Wildman–Crippen LogP) is 3.38. The van der Waals surface area contributed by atoms with Gasteiger partial charge in [-0.3, -0.25) is 0 Å². The zero-order valence-corrected chi connectivity index (χ0v) is 11.8. The Kier molecular flexibility index (Phi) is 4.82. The molecule has 0 aliphatic rings. The van der Waals surface area contributed by atoms with Gasteiger partial charge in [0.15, 0.2) is 0 Å². The van der Waals surface area contributed by atoms with Crippen LogP contribution in [0, 0.1) is 5.82 Å². The first kappa shape index (κ1) is 14.2.